The molecule has 0 fully saturated rings. The van der Waals surface area contributed by atoms with Crippen molar-refractivity contribution >= 4 is 28.5 Å². The van der Waals surface area contributed by atoms with Crippen molar-refractivity contribution in [1.82, 2.24) is 10.2 Å². The highest BCUT2D eigenvalue weighted by Gasteiger charge is 2.30. The summed E-state index contributed by atoms with van der Waals surface area (Å²) in [4.78, 5) is 11.2. The zero-order valence-electron chi connectivity index (χ0n) is 10.5. The highest BCUT2D eigenvalue weighted by Crippen LogP contribution is 2.35. The van der Waals surface area contributed by atoms with Crippen LogP contribution >= 0.6 is 11.8 Å². The SMILES string of the molecule is Cc1nnc(SC(C)(C)C(=O)O)c2ccccc12. The van der Waals surface area contributed by atoms with Gasteiger partial charge in [0.05, 0.1) is 5.69 Å². The Labute approximate surface area is 109 Å². The molecule has 5 heteroatoms. The van der Waals surface area contributed by atoms with Gasteiger partial charge >= 0.3 is 5.97 Å². The number of rotatable bonds is 3. The number of hydrogen-bond donors (Lipinski definition) is 1. The van der Waals surface area contributed by atoms with Crippen molar-refractivity contribution in [3.8, 4) is 0 Å². The second-order valence-corrected chi connectivity index (χ2v) is 6.17. The molecule has 0 radical (unpaired) electrons. The van der Waals surface area contributed by atoms with Crippen LogP contribution in [0.3, 0.4) is 0 Å². The van der Waals surface area contributed by atoms with E-state index in [0.717, 1.165) is 16.5 Å². The fourth-order valence-electron chi connectivity index (χ4n) is 1.57. The van der Waals surface area contributed by atoms with Crippen molar-refractivity contribution in [1.29, 1.82) is 0 Å². The van der Waals surface area contributed by atoms with E-state index in [1.807, 2.05) is 31.2 Å². The maximum atomic E-state index is 11.2. The van der Waals surface area contributed by atoms with Crippen LogP contribution in [0.25, 0.3) is 10.8 Å². The van der Waals surface area contributed by atoms with E-state index >= 15 is 0 Å². The molecule has 1 heterocycles. The van der Waals surface area contributed by atoms with E-state index in [-0.39, 0.29) is 0 Å². The Kier molecular flexibility index (Phi) is 3.26. The van der Waals surface area contributed by atoms with Gasteiger partial charge in [-0.3, -0.25) is 4.79 Å². The lowest BCUT2D eigenvalue weighted by Crippen LogP contribution is -2.27. The zero-order chi connectivity index (χ0) is 13.3. The molecule has 2 rings (SSSR count). The van der Waals surface area contributed by atoms with Crippen LogP contribution < -0.4 is 0 Å². The van der Waals surface area contributed by atoms with Crippen LogP contribution in [0.15, 0.2) is 29.3 Å². The molecule has 0 saturated carbocycles. The number of aryl methyl sites for hydroxylation is 1. The molecule has 0 atom stereocenters. The van der Waals surface area contributed by atoms with Crippen LogP contribution in [-0.2, 0) is 4.79 Å². The van der Waals surface area contributed by atoms with Crippen LogP contribution in [-0.4, -0.2) is 26.0 Å². The summed E-state index contributed by atoms with van der Waals surface area (Å²) < 4.78 is -0.924. The number of carbonyl (C=O) groups is 1. The smallest absolute Gasteiger partial charge is 0.319 e. The Morgan fingerprint density at radius 2 is 1.83 bits per heavy atom. The summed E-state index contributed by atoms with van der Waals surface area (Å²) in [5, 5.41) is 20.0. The Morgan fingerprint density at radius 3 is 2.44 bits per heavy atom. The minimum atomic E-state index is -0.924. The second-order valence-electron chi connectivity index (χ2n) is 4.55. The number of aliphatic carboxylic acids is 1. The Bertz CT molecular complexity index is 611. The minimum Gasteiger partial charge on any atom is -0.480 e. The molecule has 4 nitrogen and oxygen atoms in total. The summed E-state index contributed by atoms with van der Waals surface area (Å²) in [6, 6.07) is 7.77. The second kappa shape index (κ2) is 4.57. The lowest BCUT2D eigenvalue weighted by atomic mass is 10.1. The molecule has 0 amide bonds. The lowest BCUT2D eigenvalue weighted by molar-refractivity contribution is -0.138. The average Bonchev–Trinajstić information content (AvgIpc) is 2.33. The number of hydrogen-bond acceptors (Lipinski definition) is 4. The molecule has 1 aromatic heterocycles. The third kappa shape index (κ3) is 2.31. The van der Waals surface area contributed by atoms with Gasteiger partial charge in [0.2, 0.25) is 0 Å². The predicted molar refractivity (Wildman–Crippen MR) is 71.8 cm³/mol. The van der Waals surface area contributed by atoms with Gasteiger partial charge in [-0.25, -0.2) is 0 Å². The van der Waals surface area contributed by atoms with Crippen molar-refractivity contribution < 1.29 is 9.90 Å². The molecular weight excluding hydrogens is 248 g/mol. The van der Waals surface area contributed by atoms with E-state index in [9.17, 15) is 4.79 Å². The number of nitrogens with zero attached hydrogens (tertiary/aromatic N) is 2. The van der Waals surface area contributed by atoms with E-state index in [1.54, 1.807) is 13.8 Å². The first-order valence-electron chi connectivity index (χ1n) is 5.56. The highest BCUT2D eigenvalue weighted by molar-refractivity contribution is 8.01. The van der Waals surface area contributed by atoms with Gasteiger partial charge < -0.3 is 5.11 Å². The van der Waals surface area contributed by atoms with Crippen molar-refractivity contribution in [2.24, 2.45) is 0 Å². The van der Waals surface area contributed by atoms with Crippen LogP contribution in [0.5, 0.6) is 0 Å². The van der Waals surface area contributed by atoms with Gasteiger partial charge in [-0.2, -0.15) is 5.10 Å². The number of carboxylic acid groups (broad SMARTS) is 1. The summed E-state index contributed by atoms with van der Waals surface area (Å²) in [7, 11) is 0. The third-order valence-corrected chi connectivity index (χ3v) is 3.88. The van der Waals surface area contributed by atoms with E-state index in [0.29, 0.717) is 5.03 Å². The Balaban J connectivity index is 2.53. The maximum Gasteiger partial charge on any atom is 0.319 e. The van der Waals surface area contributed by atoms with Crippen LogP contribution in [0.2, 0.25) is 0 Å². The van der Waals surface area contributed by atoms with E-state index in [2.05, 4.69) is 10.2 Å². The summed E-state index contributed by atoms with van der Waals surface area (Å²) >= 11 is 1.22. The van der Waals surface area contributed by atoms with Gasteiger partial charge in [-0.05, 0) is 20.8 Å². The third-order valence-electron chi connectivity index (χ3n) is 2.70. The lowest BCUT2D eigenvalue weighted by Gasteiger charge is -2.18. The normalized spacial score (nSPS) is 11.7. The van der Waals surface area contributed by atoms with Crippen molar-refractivity contribution in [3.05, 3.63) is 30.0 Å². The van der Waals surface area contributed by atoms with Crippen molar-refractivity contribution in [2.45, 2.75) is 30.5 Å². The van der Waals surface area contributed by atoms with Crippen molar-refractivity contribution in [3.63, 3.8) is 0 Å². The summed E-state index contributed by atoms with van der Waals surface area (Å²) in [6.07, 6.45) is 0. The summed E-state index contributed by atoms with van der Waals surface area (Å²) in [5.41, 5.74) is 0.850. The molecule has 0 unspecified atom stereocenters. The molecule has 0 spiro atoms. The molecule has 0 saturated heterocycles. The van der Waals surface area contributed by atoms with Gasteiger partial charge in [0, 0.05) is 10.8 Å². The Morgan fingerprint density at radius 1 is 1.22 bits per heavy atom. The molecule has 0 bridgehead atoms. The van der Waals surface area contributed by atoms with E-state index in [4.69, 9.17) is 5.11 Å². The molecule has 94 valence electrons. The van der Waals surface area contributed by atoms with Crippen LogP contribution in [0.4, 0.5) is 0 Å². The maximum absolute atomic E-state index is 11.2. The monoisotopic (exact) mass is 262 g/mol. The van der Waals surface area contributed by atoms with Gasteiger partial charge in [-0.1, -0.05) is 36.0 Å². The van der Waals surface area contributed by atoms with E-state index in [1.165, 1.54) is 11.8 Å². The minimum absolute atomic E-state index is 0.656. The number of benzene rings is 1. The highest BCUT2D eigenvalue weighted by atomic mass is 32.2. The van der Waals surface area contributed by atoms with Crippen LogP contribution in [0, 0.1) is 6.92 Å². The number of fused-ring (bicyclic) bond motifs is 1. The van der Waals surface area contributed by atoms with Gasteiger partial charge in [0.25, 0.3) is 0 Å². The first-order valence-corrected chi connectivity index (χ1v) is 6.38. The molecule has 1 aromatic carbocycles. The molecular formula is C13H14N2O2S. The Hall–Kier alpha value is -1.62. The van der Waals surface area contributed by atoms with Crippen molar-refractivity contribution in [2.75, 3.05) is 0 Å². The predicted octanol–water partition coefficient (Wildman–Crippen LogP) is 2.89. The standard InChI is InChI=1S/C13H14N2O2S/c1-8-9-6-4-5-7-10(9)11(15-14-8)18-13(2,3)12(16)17/h4-7H,1-3H3,(H,16,17). The van der Waals surface area contributed by atoms with Gasteiger partial charge in [-0.15, -0.1) is 5.10 Å². The fourth-order valence-corrected chi connectivity index (χ4v) is 2.51. The zero-order valence-corrected chi connectivity index (χ0v) is 11.3. The molecule has 0 aliphatic heterocycles. The van der Waals surface area contributed by atoms with E-state index < -0.39 is 10.7 Å². The molecule has 2 aromatic rings. The first kappa shape index (κ1) is 12.8. The molecule has 18 heavy (non-hydrogen) atoms. The largest absolute Gasteiger partial charge is 0.480 e. The van der Waals surface area contributed by atoms with Gasteiger partial charge in [0.1, 0.15) is 9.77 Å². The number of thioether (sulfide) groups is 1. The summed E-state index contributed by atoms with van der Waals surface area (Å²) in [5.74, 6) is -0.862. The van der Waals surface area contributed by atoms with Crippen LogP contribution in [0.1, 0.15) is 19.5 Å². The fraction of sp³-hybridized carbons (Fsp3) is 0.308. The molecule has 0 aliphatic rings. The quantitative estimate of drug-likeness (QED) is 0.862. The summed E-state index contributed by atoms with van der Waals surface area (Å²) in [6.45, 7) is 5.22. The number of aromatic nitrogens is 2. The number of carboxylic acids is 1. The molecule has 0 aliphatic carbocycles. The topological polar surface area (TPSA) is 63.1 Å². The molecule has 1 N–H and O–H groups in total. The average molecular weight is 262 g/mol. The first-order chi connectivity index (χ1) is 8.42. The van der Waals surface area contributed by atoms with Gasteiger partial charge in [0.15, 0.2) is 0 Å².